The zero-order chi connectivity index (χ0) is 12.9. The highest BCUT2D eigenvalue weighted by atomic mass is 14.9. The van der Waals surface area contributed by atoms with Crippen molar-refractivity contribution < 1.29 is 0 Å². The van der Waals surface area contributed by atoms with Crippen molar-refractivity contribution in [3.05, 3.63) is 0 Å². The summed E-state index contributed by atoms with van der Waals surface area (Å²) in [6, 6.07) is 0. The van der Waals surface area contributed by atoms with Gasteiger partial charge in [0.1, 0.15) is 0 Å². The zero-order valence-electron chi connectivity index (χ0n) is 12.6. The van der Waals surface area contributed by atoms with Gasteiger partial charge in [-0.05, 0) is 73.8 Å². The average Bonchev–Trinajstić information content (AvgIpc) is 2.70. The molecule has 3 aliphatic rings. The van der Waals surface area contributed by atoms with Gasteiger partial charge in [-0.2, -0.15) is 0 Å². The molecule has 0 radical (unpaired) electrons. The van der Waals surface area contributed by atoms with Crippen LogP contribution in [0.25, 0.3) is 0 Å². The number of hydrogen-bond acceptors (Lipinski definition) is 1. The summed E-state index contributed by atoms with van der Waals surface area (Å²) in [5, 5.41) is 3.60. The summed E-state index contributed by atoms with van der Waals surface area (Å²) in [6.45, 7) is 9.68. The predicted molar refractivity (Wildman–Crippen MR) is 77.6 cm³/mol. The van der Waals surface area contributed by atoms with Crippen molar-refractivity contribution in [1.82, 2.24) is 5.32 Å². The summed E-state index contributed by atoms with van der Waals surface area (Å²) < 4.78 is 0. The topological polar surface area (TPSA) is 12.0 Å². The van der Waals surface area contributed by atoms with E-state index in [9.17, 15) is 0 Å². The molecule has 0 aromatic heterocycles. The first kappa shape index (κ1) is 13.0. The summed E-state index contributed by atoms with van der Waals surface area (Å²) >= 11 is 0. The lowest BCUT2D eigenvalue weighted by molar-refractivity contribution is 0.119. The smallest absolute Gasteiger partial charge is 0.000979 e. The van der Waals surface area contributed by atoms with Gasteiger partial charge < -0.3 is 5.32 Å². The van der Waals surface area contributed by atoms with E-state index < -0.39 is 0 Å². The van der Waals surface area contributed by atoms with Crippen LogP contribution < -0.4 is 5.32 Å². The van der Waals surface area contributed by atoms with Crippen LogP contribution in [0.5, 0.6) is 0 Å². The van der Waals surface area contributed by atoms with Crippen molar-refractivity contribution >= 4 is 0 Å². The lowest BCUT2D eigenvalue weighted by Crippen LogP contribution is -2.29. The Labute approximate surface area is 113 Å². The Morgan fingerprint density at radius 2 is 1.56 bits per heavy atom. The fourth-order valence-corrected chi connectivity index (χ4v) is 5.65. The van der Waals surface area contributed by atoms with E-state index in [4.69, 9.17) is 0 Å². The molecule has 0 aromatic rings. The normalized spacial score (nSPS) is 40.5. The summed E-state index contributed by atoms with van der Waals surface area (Å²) in [7, 11) is 0. The molecule has 18 heavy (non-hydrogen) atoms. The van der Waals surface area contributed by atoms with Crippen LogP contribution in [0.2, 0.25) is 0 Å². The molecule has 1 unspecified atom stereocenters. The van der Waals surface area contributed by atoms with Crippen LogP contribution in [0.15, 0.2) is 0 Å². The van der Waals surface area contributed by atoms with Crippen molar-refractivity contribution in [2.45, 2.75) is 72.1 Å². The van der Waals surface area contributed by atoms with Crippen LogP contribution >= 0.6 is 0 Å². The van der Waals surface area contributed by atoms with E-state index in [0.29, 0.717) is 10.8 Å². The van der Waals surface area contributed by atoms with Gasteiger partial charge in [0, 0.05) is 0 Å². The summed E-state index contributed by atoms with van der Waals surface area (Å²) in [5.41, 5.74) is 2.12. The van der Waals surface area contributed by atoms with E-state index in [1.165, 1.54) is 32.2 Å². The van der Waals surface area contributed by atoms with E-state index in [-0.39, 0.29) is 0 Å². The first-order valence-electron chi connectivity index (χ1n) is 8.27. The summed E-state index contributed by atoms with van der Waals surface area (Å²) in [6.07, 6.45) is 12.2. The Kier molecular flexibility index (Phi) is 3.05. The molecule has 1 N–H and O–H groups in total. The maximum absolute atomic E-state index is 3.60. The van der Waals surface area contributed by atoms with Gasteiger partial charge in [0.15, 0.2) is 0 Å². The molecule has 2 spiro atoms. The fourth-order valence-electron chi connectivity index (χ4n) is 5.65. The molecule has 1 atom stereocenters. The molecule has 0 aliphatic heterocycles. The first-order chi connectivity index (χ1) is 8.56. The van der Waals surface area contributed by atoms with Gasteiger partial charge in [-0.3, -0.25) is 0 Å². The number of hydrogen-bond donors (Lipinski definition) is 1. The quantitative estimate of drug-likeness (QED) is 0.783. The van der Waals surface area contributed by atoms with Crippen LogP contribution in [-0.4, -0.2) is 13.1 Å². The highest BCUT2D eigenvalue weighted by Crippen LogP contribution is 2.76. The van der Waals surface area contributed by atoms with Crippen molar-refractivity contribution in [3.8, 4) is 0 Å². The van der Waals surface area contributed by atoms with Crippen LogP contribution in [0.1, 0.15) is 72.1 Å². The summed E-state index contributed by atoms with van der Waals surface area (Å²) in [5.74, 6) is 0.948. The van der Waals surface area contributed by atoms with E-state index in [2.05, 4.69) is 26.1 Å². The molecular weight excluding hydrogens is 218 g/mol. The molecule has 1 nitrogen and oxygen atoms in total. The van der Waals surface area contributed by atoms with E-state index in [0.717, 1.165) is 17.9 Å². The second-order valence-corrected chi connectivity index (χ2v) is 7.95. The molecule has 0 aromatic carbocycles. The molecule has 0 saturated heterocycles. The molecule has 3 fully saturated rings. The van der Waals surface area contributed by atoms with Gasteiger partial charge in [0.2, 0.25) is 0 Å². The molecule has 3 aliphatic carbocycles. The second-order valence-electron chi connectivity index (χ2n) is 7.95. The third-order valence-corrected chi connectivity index (χ3v) is 7.20. The standard InChI is InChI=1S/C17H31N/c1-4-18-13-14-15(2,3)17(14)11-9-16(10-12-17)7-5-6-8-16/h14,18H,4-13H2,1-3H3. The van der Waals surface area contributed by atoms with E-state index >= 15 is 0 Å². The van der Waals surface area contributed by atoms with Crippen molar-refractivity contribution in [2.75, 3.05) is 13.1 Å². The third-order valence-electron chi connectivity index (χ3n) is 7.20. The largest absolute Gasteiger partial charge is 0.317 e. The molecular formula is C17H31N. The zero-order valence-corrected chi connectivity index (χ0v) is 12.6. The van der Waals surface area contributed by atoms with Gasteiger partial charge in [0.05, 0.1) is 0 Å². The second kappa shape index (κ2) is 4.23. The molecule has 3 rings (SSSR count). The minimum atomic E-state index is 0.607. The average molecular weight is 249 g/mol. The van der Waals surface area contributed by atoms with Crippen LogP contribution in [0.4, 0.5) is 0 Å². The first-order valence-corrected chi connectivity index (χ1v) is 8.27. The fraction of sp³-hybridized carbons (Fsp3) is 1.00. The van der Waals surface area contributed by atoms with Crippen molar-refractivity contribution in [2.24, 2.45) is 22.2 Å². The monoisotopic (exact) mass is 249 g/mol. The number of nitrogens with one attached hydrogen (secondary N) is 1. The maximum atomic E-state index is 3.60. The highest BCUT2D eigenvalue weighted by molar-refractivity contribution is 5.19. The maximum Gasteiger partial charge on any atom is -0.000979 e. The minimum Gasteiger partial charge on any atom is -0.317 e. The molecule has 0 heterocycles. The molecule has 3 saturated carbocycles. The van der Waals surface area contributed by atoms with Crippen LogP contribution in [0, 0.1) is 22.2 Å². The Bertz CT molecular complexity index is 302. The predicted octanol–water partition coefficient (Wildman–Crippen LogP) is 4.37. The van der Waals surface area contributed by atoms with Gasteiger partial charge >= 0.3 is 0 Å². The lowest BCUT2D eigenvalue weighted by atomic mass is 9.66. The Morgan fingerprint density at radius 1 is 0.944 bits per heavy atom. The number of rotatable bonds is 3. The SMILES string of the molecule is CCNCC1C(C)(C)C12CCC1(CCCC1)CC2. The van der Waals surface area contributed by atoms with Gasteiger partial charge in [-0.15, -0.1) is 0 Å². The Morgan fingerprint density at radius 3 is 2.11 bits per heavy atom. The molecule has 1 heteroatoms. The van der Waals surface area contributed by atoms with Crippen LogP contribution in [0.3, 0.4) is 0 Å². The van der Waals surface area contributed by atoms with Gasteiger partial charge in [-0.1, -0.05) is 33.6 Å². The van der Waals surface area contributed by atoms with Crippen LogP contribution in [-0.2, 0) is 0 Å². The van der Waals surface area contributed by atoms with Crippen molar-refractivity contribution in [1.29, 1.82) is 0 Å². The van der Waals surface area contributed by atoms with Crippen molar-refractivity contribution in [3.63, 3.8) is 0 Å². The van der Waals surface area contributed by atoms with E-state index in [1.54, 1.807) is 25.7 Å². The minimum absolute atomic E-state index is 0.607. The van der Waals surface area contributed by atoms with E-state index in [1.807, 2.05) is 0 Å². The molecule has 0 bridgehead atoms. The molecule has 0 amide bonds. The summed E-state index contributed by atoms with van der Waals surface area (Å²) in [4.78, 5) is 0. The molecule has 104 valence electrons. The lowest BCUT2D eigenvalue weighted by Gasteiger charge is -2.39. The Balaban J connectivity index is 1.64. The highest BCUT2D eigenvalue weighted by Gasteiger charge is 2.70. The third kappa shape index (κ3) is 1.69. The Hall–Kier alpha value is -0.0400. The van der Waals surface area contributed by atoms with Gasteiger partial charge in [0.25, 0.3) is 0 Å². The van der Waals surface area contributed by atoms with Gasteiger partial charge in [-0.25, -0.2) is 0 Å².